The predicted octanol–water partition coefficient (Wildman–Crippen LogP) is 2.39. The third-order valence-corrected chi connectivity index (χ3v) is 3.93. The molecule has 3 N–H and O–H groups in total. The van der Waals surface area contributed by atoms with Gasteiger partial charge in [0.15, 0.2) is 0 Å². The van der Waals surface area contributed by atoms with Crippen molar-refractivity contribution in [2.24, 2.45) is 17.8 Å². The van der Waals surface area contributed by atoms with Crippen LogP contribution in [0.1, 0.15) is 25.3 Å². The lowest BCUT2D eigenvalue weighted by Crippen LogP contribution is -2.29. The Morgan fingerprint density at radius 2 is 1.90 bits per heavy atom. The highest BCUT2D eigenvalue weighted by molar-refractivity contribution is 5.95. The lowest BCUT2D eigenvalue weighted by Gasteiger charge is -2.15. The van der Waals surface area contributed by atoms with Crippen molar-refractivity contribution in [2.75, 3.05) is 5.32 Å². The molecule has 1 fully saturated rings. The molecule has 0 aliphatic heterocycles. The van der Waals surface area contributed by atoms with Gasteiger partial charge in [-0.25, -0.2) is 0 Å². The first kappa shape index (κ1) is 14.4. The zero-order valence-corrected chi connectivity index (χ0v) is 11.6. The molecule has 3 unspecified atom stereocenters. The van der Waals surface area contributed by atoms with Crippen molar-refractivity contribution in [3.05, 3.63) is 23.8 Å². The molecule has 0 radical (unpaired) electrons. The Hall–Kier alpha value is -2.04. The van der Waals surface area contributed by atoms with Crippen molar-refractivity contribution >= 4 is 17.6 Å². The highest BCUT2D eigenvalue weighted by Crippen LogP contribution is 2.37. The first-order valence-corrected chi connectivity index (χ1v) is 6.71. The van der Waals surface area contributed by atoms with E-state index in [9.17, 15) is 19.8 Å². The van der Waals surface area contributed by atoms with Crippen molar-refractivity contribution in [1.82, 2.24) is 0 Å². The van der Waals surface area contributed by atoms with Gasteiger partial charge < -0.3 is 15.5 Å². The van der Waals surface area contributed by atoms with Crippen LogP contribution in [0.4, 0.5) is 5.69 Å². The average Bonchev–Trinajstić information content (AvgIpc) is 2.76. The quantitative estimate of drug-likeness (QED) is 0.791. The van der Waals surface area contributed by atoms with Crippen LogP contribution in [0.2, 0.25) is 0 Å². The van der Waals surface area contributed by atoms with Gasteiger partial charge in [0.05, 0.1) is 11.8 Å². The second-order valence-corrected chi connectivity index (χ2v) is 5.62. The second-order valence-electron chi connectivity index (χ2n) is 5.62. The number of hydrogen-bond acceptors (Lipinski definition) is 3. The number of aryl methyl sites for hydroxylation is 1. The molecule has 20 heavy (non-hydrogen) atoms. The smallest absolute Gasteiger partial charge is 0.307 e. The number of carboxylic acid groups (broad SMARTS) is 1. The zero-order valence-electron chi connectivity index (χ0n) is 11.6. The lowest BCUT2D eigenvalue weighted by molar-refractivity contribution is -0.145. The molecule has 2 rings (SSSR count). The van der Waals surface area contributed by atoms with Gasteiger partial charge in [-0.3, -0.25) is 9.59 Å². The number of carbonyl (C=O) groups is 2. The lowest BCUT2D eigenvalue weighted by atomic mass is 9.95. The monoisotopic (exact) mass is 277 g/mol. The molecular formula is C15H19NO4. The summed E-state index contributed by atoms with van der Waals surface area (Å²) >= 11 is 0. The number of hydrogen-bond donors (Lipinski definition) is 3. The molecule has 3 atom stereocenters. The van der Waals surface area contributed by atoms with E-state index in [0.717, 1.165) is 5.56 Å². The summed E-state index contributed by atoms with van der Waals surface area (Å²) in [5.41, 5.74) is 1.21. The molecule has 5 nitrogen and oxygen atoms in total. The maximum atomic E-state index is 12.2. The van der Waals surface area contributed by atoms with Gasteiger partial charge >= 0.3 is 5.97 Å². The number of aliphatic carboxylic acids is 1. The molecule has 1 aromatic rings. The largest absolute Gasteiger partial charge is 0.508 e. The minimum absolute atomic E-state index is 0.109. The average molecular weight is 277 g/mol. The topological polar surface area (TPSA) is 86.6 Å². The molecular weight excluding hydrogens is 258 g/mol. The van der Waals surface area contributed by atoms with Crippen molar-refractivity contribution in [3.8, 4) is 5.75 Å². The van der Waals surface area contributed by atoms with E-state index in [1.807, 2.05) is 6.92 Å². The van der Waals surface area contributed by atoms with Crippen molar-refractivity contribution in [2.45, 2.75) is 26.7 Å². The highest BCUT2D eigenvalue weighted by atomic mass is 16.4. The van der Waals surface area contributed by atoms with Gasteiger partial charge in [-0.1, -0.05) is 13.0 Å². The number of carbonyl (C=O) groups excluding carboxylic acids is 1. The van der Waals surface area contributed by atoms with Crippen LogP contribution in [0.25, 0.3) is 0 Å². The van der Waals surface area contributed by atoms with Gasteiger partial charge in [0.2, 0.25) is 5.91 Å². The number of anilines is 1. The van der Waals surface area contributed by atoms with Crippen LogP contribution in [-0.4, -0.2) is 22.1 Å². The normalized spacial score (nSPS) is 25.4. The third-order valence-electron chi connectivity index (χ3n) is 3.93. The van der Waals surface area contributed by atoms with E-state index < -0.39 is 17.8 Å². The molecule has 108 valence electrons. The number of rotatable bonds is 3. The van der Waals surface area contributed by atoms with E-state index in [-0.39, 0.29) is 17.6 Å². The molecule has 1 aliphatic carbocycles. The number of amides is 1. The Morgan fingerprint density at radius 1 is 1.25 bits per heavy atom. The molecule has 1 aromatic carbocycles. The summed E-state index contributed by atoms with van der Waals surface area (Å²) in [6, 6.07) is 4.87. The first-order chi connectivity index (χ1) is 9.38. The Labute approximate surface area is 117 Å². The Morgan fingerprint density at radius 3 is 2.50 bits per heavy atom. The summed E-state index contributed by atoms with van der Waals surface area (Å²) in [7, 11) is 0. The van der Waals surface area contributed by atoms with Gasteiger partial charge in [-0.2, -0.15) is 0 Å². The summed E-state index contributed by atoms with van der Waals surface area (Å²) in [5.74, 6) is -1.99. The Kier molecular flexibility index (Phi) is 3.97. The number of aromatic hydroxyl groups is 1. The molecule has 0 bridgehead atoms. The number of phenolic OH excluding ortho intramolecular Hbond substituents is 1. The van der Waals surface area contributed by atoms with E-state index in [1.54, 1.807) is 19.1 Å². The fraction of sp³-hybridized carbons (Fsp3) is 0.467. The molecule has 0 saturated heterocycles. The SMILES string of the molecule is Cc1ccc(NC(=O)C2CC(C)CC2C(=O)O)cc1O. The fourth-order valence-corrected chi connectivity index (χ4v) is 2.78. The summed E-state index contributed by atoms with van der Waals surface area (Å²) < 4.78 is 0. The first-order valence-electron chi connectivity index (χ1n) is 6.71. The van der Waals surface area contributed by atoms with Crippen LogP contribution in [0.3, 0.4) is 0 Å². The minimum Gasteiger partial charge on any atom is -0.508 e. The van der Waals surface area contributed by atoms with Crippen molar-refractivity contribution < 1.29 is 19.8 Å². The predicted molar refractivity (Wildman–Crippen MR) is 74.5 cm³/mol. The van der Waals surface area contributed by atoms with Gasteiger partial charge in [0, 0.05) is 11.8 Å². The molecule has 0 heterocycles. The maximum absolute atomic E-state index is 12.2. The minimum atomic E-state index is -0.916. The summed E-state index contributed by atoms with van der Waals surface area (Å²) in [4.78, 5) is 23.4. The zero-order chi connectivity index (χ0) is 14.9. The van der Waals surface area contributed by atoms with E-state index in [4.69, 9.17) is 0 Å². The van der Waals surface area contributed by atoms with E-state index in [2.05, 4.69) is 5.32 Å². The van der Waals surface area contributed by atoms with E-state index >= 15 is 0 Å². The van der Waals surface area contributed by atoms with Crippen LogP contribution >= 0.6 is 0 Å². The molecule has 1 saturated carbocycles. The number of carboxylic acids is 1. The molecule has 0 spiro atoms. The van der Waals surface area contributed by atoms with Crippen LogP contribution in [0, 0.1) is 24.7 Å². The Balaban J connectivity index is 2.11. The molecule has 5 heteroatoms. The summed E-state index contributed by atoms with van der Waals surface area (Å²) in [6.07, 6.45) is 1.12. The van der Waals surface area contributed by atoms with Crippen molar-refractivity contribution in [1.29, 1.82) is 0 Å². The number of nitrogens with one attached hydrogen (secondary N) is 1. The van der Waals surface area contributed by atoms with Crippen LogP contribution in [0.5, 0.6) is 5.75 Å². The van der Waals surface area contributed by atoms with Gasteiger partial charge in [0.1, 0.15) is 5.75 Å². The van der Waals surface area contributed by atoms with Crippen LogP contribution in [-0.2, 0) is 9.59 Å². The number of benzene rings is 1. The maximum Gasteiger partial charge on any atom is 0.307 e. The second kappa shape index (κ2) is 5.53. The van der Waals surface area contributed by atoms with Crippen LogP contribution < -0.4 is 5.32 Å². The molecule has 0 aromatic heterocycles. The number of phenols is 1. The molecule has 1 amide bonds. The highest BCUT2D eigenvalue weighted by Gasteiger charge is 2.41. The Bertz CT molecular complexity index is 541. The summed E-state index contributed by atoms with van der Waals surface area (Å²) in [5, 5.41) is 21.5. The van der Waals surface area contributed by atoms with Gasteiger partial charge in [-0.15, -0.1) is 0 Å². The van der Waals surface area contributed by atoms with Crippen molar-refractivity contribution in [3.63, 3.8) is 0 Å². The van der Waals surface area contributed by atoms with E-state index in [1.165, 1.54) is 6.07 Å². The standard InChI is InChI=1S/C15H19NO4/c1-8-5-11(12(6-8)15(19)20)14(18)16-10-4-3-9(2)13(17)7-10/h3-4,7-8,11-12,17H,5-6H2,1-2H3,(H,16,18)(H,19,20). The van der Waals surface area contributed by atoms with Gasteiger partial charge in [-0.05, 0) is 37.3 Å². The fourth-order valence-electron chi connectivity index (χ4n) is 2.78. The van der Waals surface area contributed by atoms with Crippen LogP contribution in [0.15, 0.2) is 18.2 Å². The summed E-state index contributed by atoms with van der Waals surface area (Å²) in [6.45, 7) is 3.72. The van der Waals surface area contributed by atoms with E-state index in [0.29, 0.717) is 18.5 Å². The van der Waals surface area contributed by atoms with Gasteiger partial charge in [0.25, 0.3) is 0 Å². The third kappa shape index (κ3) is 2.92. The molecule has 1 aliphatic rings.